The van der Waals surface area contributed by atoms with Gasteiger partial charge in [-0.2, -0.15) is 0 Å². The molecule has 0 aliphatic carbocycles. The van der Waals surface area contributed by atoms with E-state index in [1.165, 1.54) is 0 Å². The number of hydrogen-bond acceptors (Lipinski definition) is 8. The molecule has 0 aromatic rings. The van der Waals surface area contributed by atoms with Crippen LogP contribution in [-0.2, 0) is 17.1 Å². The van der Waals surface area contributed by atoms with E-state index in [0.717, 1.165) is 0 Å². The third kappa shape index (κ3) is 12000. The standard InChI is InChI=1S/2ClHO4.Mn.6H2O/c2*2-1(3,4)5;;;;;;;/h2*(H,2,3,4,5);;6*1H2/q;;+2;;;;;;/p-2. The average molecular weight is 362 g/mol. The fourth-order valence-corrected chi connectivity index (χ4v) is 0. The number of rotatable bonds is 0. The van der Waals surface area contributed by atoms with Crippen LogP contribution in [0.3, 0.4) is 0 Å². The molecule has 0 amide bonds. The Morgan fingerprint density at radius 2 is 0.353 bits per heavy atom. The molecular weight excluding hydrogens is 350 g/mol. The number of halogens is 2. The van der Waals surface area contributed by atoms with Crippen molar-refractivity contribution in [2.24, 2.45) is 0 Å². The SMILES string of the molecule is O.O.O.O.O.O.[Mn+2].[O-][Cl+3]([O-])([O-])[O-].[O-][Cl+3]([O-])([O-])[O-]. The van der Waals surface area contributed by atoms with E-state index in [1.807, 2.05) is 0 Å². The predicted octanol–water partition coefficient (Wildman–Crippen LogP) is -14.5. The molecule has 0 saturated heterocycles. The molecule has 0 atom stereocenters. The summed E-state index contributed by atoms with van der Waals surface area (Å²) in [5, 5.41) is 0. The van der Waals surface area contributed by atoms with Gasteiger partial charge >= 0.3 is 17.1 Å². The Morgan fingerprint density at radius 3 is 0.353 bits per heavy atom. The molecule has 0 aromatic carbocycles. The maximum Gasteiger partial charge on any atom is 2.00 e. The summed E-state index contributed by atoms with van der Waals surface area (Å²) in [6.45, 7) is 0. The molecule has 0 heterocycles. The van der Waals surface area contributed by atoms with Crippen LogP contribution >= 0.6 is 0 Å². The molecule has 0 aromatic heterocycles. The van der Waals surface area contributed by atoms with E-state index in [9.17, 15) is 0 Å². The minimum Gasteiger partial charge on any atom is -0.412 e. The predicted molar refractivity (Wildman–Crippen MR) is 21.7 cm³/mol. The van der Waals surface area contributed by atoms with Gasteiger partial charge in [-0.15, -0.1) is 20.5 Å². The first-order valence-corrected chi connectivity index (χ1v) is 3.70. The quantitative estimate of drug-likeness (QED) is 0.371. The fraction of sp³-hybridized carbons (Fsp3) is 0. The molecule has 0 aliphatic heterocycles. The molecule has 0 unspecified atom stereocenters. The smallest absolute Gasteiger partial charge is 0.412 e. The first-order chi connectivity index (χ1) is 4.00. The van der Waals surface area contributed by atoms with Crippen LogP contribution in [0.15, 0.2) is 0 Å². The molecule has 17 heavy (non-hydrogen) atoms. The minimum absolute atomic E-state index is 0. The fourth-order valence-electron chi connectivity index (χ4n) is 0. The van der Waals surface area contributed by atoms with Crippen molar-refractivity contribution >= 4 is 0 Å². The second-order valence-corrected chi connectivity index (χ2v) is 2.27. The van der Waals surface area contributed by atoms with Crippen LogP contribution in [0.25, 0.3) is 0 Å². The zero-order chi connectivity index (χ0) is 9.00. The third-order valence-corrected chi connectivity index (χ3v) is 0. The van der Waals surface area contributed by atoms with Crippen molar-refractivity contribution in [2.45, 2.75) is 0 Å². The first kappa shape index (κ1) is 65.8. The molecule has 0 spiro atoms. The molecule has 14 nitrogen and oxygen atoms in total. The van der Waals surface area contributed by atoms with Crippen LogP contribution in [0.2, 0.25) is 0 Å². The van der Waals surface area contributed by atoms with E-state index in [2.05, 4.69) is 0 Å². The van der Waals surface area contributed by atoms with E-state index in [0.29, 0.717) is 0 Å². The Bertz CT molecular complexity index is 57.2. The summed E-state index contributed by atoms with van der Waals surface area (Å²) in [6, 6.07) is 0. The van der Waals surface area contributed by atoms with Gasteiger partial charge in [0.25, 0.3) is 0 Å². The Kier molecular flexibility index (Phi) is 98.3. The van der Waals surface area contributed by atoms with Gasteiger partial charge in [0.1, 0.15) is 0 Å². The summed E-state index contributed by atoms with van der Waals surface area (Å²) >= 11 is 0. The van der Waals surface area contributed by atoms with Crippen molar-refractivity contribution in [3.63, 3.8) is 0 Å². The van der Waals surface area contributed by atoms with E-state index in [1.54, 1.807) is 0 Å². The molecule has 17 heteroatoms. The second kappa shape index (κ2) is 25.4. The van der Waals surface area contributed by atoms with Crippen molar-refractivity contribution in [1.29, 1.82) is 0 Å². The van der Waals surface area contributed by atoms with Crippen LogP contribution in [-0.4, -0.2) is 32.9 Å². The van der Waals surface area contributed by atoms with Crippen molar-refractivity contribution in [3.05, 3.63) is 0 Å². The summed E-state index contributed by atoms with van der Waals surface area (Å²) in [4.78, 5) is 0. The van der Waals surface area contributed by atoms with Crippen LogP contribution in [0, 0.1) is 20.5 Å². The summed E-state index contributed by atoms with van der Waals surface area (Å²) in [7, 11) is -9.89. The molecular formula is H12Cl2MnO14. The second-order valence-electron chi connectivity index (χ2n) is 0.756. The molecule has 0 fully saturated rings. The van der Waals surface area contributed by atoms with Crippen molar-refractivity contribution in [2.75, 3.05) is 0 Å². The maximum atomic E-state index is 8.49. The van der Waals surface area contributed by atoms with E-state index < -0.39 is 20.5 Å². The summed E-state index contributed by atoms with van der Waals surface area (Å²) < 4.78 is 67.9. The first-order valence-electron chi connectivity index (χ1n) is 1.23. The zero-order valence-electron chi connectivity index (χ0n) is 7.40. The third-order valence-electron chi connectivity index (χ3n) is 0. The molecule has 117 valence electrons. The zero-order valence-corrected chi connectivity index (χ0v) is 10.1. The Hall–Kier alpha value is 0.539. The summed E-state index contributed by atoms with van der Waals surface area (Å²) in [5.74, 6) is 0. The van der Waals surface area contributed by atoms with Gasteiger partial charge in [-0.25, -0.2) is 37.3 Å². The van der Waals surface area contributed by atoms with Crippen LogP contribution < -0.4 is 37.3 Å². The molecule has 12 N–H and O–H groups in total. The van der Waals surface area contributed by atoms with Gasteiger partial charge in [0.2, 0.25) is 0 Å². The molecule has 1 radical (unpaired) electrons. The van der Waals surface area contributed by atoms with Gasteiger partial charge in [-0.3, -0.25) is 0 Å². The van der Waals surface area contributed by atoms with Crippen molar-refractivity contribution < 1.29 is 108 Å². The van der Waals surface area contributed by atoms with E-state index >= 15 is 0 Å². The van der Waals surface area contributed by atoms with Gasteiger partial charge in [-0.1, -0.05) is 0 Å². The topological polar surface area (TPSA) is 373 Å². The number of hydrogen-bond donors (Lipinski definition) is 0. The van der Waals surface area contributed by atoms with Gasteiger partial charge in [0, 0.05) is 0 Å². The van der Waals surface area contributed by atoms with Gasteiger partial charge < -0.3 is 32.9 Å². The molecule has 0 saturated carbocycles. The normalized spacial score (nSPS) is 7.06. The summed E-state index contributed by atoms with van der Waals surface area (Å²) in [5.41, 5.74) is 0. The van der Waals surface area contributed by atoms with Crippen LogP contribution in [0.1, 0.15) is 0 Å². The maximum absolute atomic E-state index is 8.49. The largest absolute Gasteiger partial charge is 2.00 e. The Labute approximate surface area is 108 Å². The van der Waals surface area contributed by atoms with Crippen LogP contribution in [0.5, 0.6) is 0 Å². The van der Waals surface area contributed by atoms with Crippen molar-refractivity contribution in [3.8, 4) is 0 Å². The van der Waals surface area contributed by atoms with Gasteiger partial charge in [0.15, 0.2) is 0 Å². The Balaban J connectivity index is -0.00000000762. The molecule has 0 aliphatic rings. The summed E-state index contributed by atoms with van der Waals surface area (Å²) in [6.07, 6.45) is 0. The van der Waals surface area contributed by atoms with E-state index in [-0.39, 0.29) is 49.9 Å². The minimum atomic E-state index is -4.94. The van der Waals surface area contributed by atoms with Gasteiger partial charge in [-0.05, 0) is 0 Å². The molecule has 0 bridgehead atoms. The van der Waals surface area contributed by atoms with Crippen LogP contribution in [0.4, 0.5) is 0 Å². The van der Waals surface area contributed by atoms with Crippen molar-refractivity contribution in [1.82, 2.24) is 0 Å². The van der Waals surface area contributed by atoms with E-state index in [4.69, 9.17) is 37.3 Å². The monoisotopic (exact) mass is 361 g/mol. The molecule has 0 rings (SSSR count). The Morgan fingerprint density at radius 1 is 0.353 bits per heavy atom. The average Bonchev–Trinajstić information content (AvgIpc) is 1.12. The van der Waals surface area contributed by atoms with Gasteiger partial charge in [0.05, 0.1) is 0 Å².